The van der Waals surface area contributed by atoms with Crippen LogP contribution >= 0.6 is 0 Å². The van der Waals surface area contributed by atoms with E-state index < -0.39 is 12.7 Å². The van der Waals surface area contributed by atoms with E-state index in [-0.39, 0.29) is 5.95 Å². The molecule has 150 valence electrons. The Bertz CT molecular complexity index is 770. The van der Waals surface area contributed by atoms with Crippen LogP contribution in [-0.2, 0) is 7.05 Å². The summed E-state index contributed by atoms with van der Waals surface area (Å²) < 4.78 is 50.2. The second-order valence-corrected chi connectivity index (χ2v) is 6.71. The molecule has 1 aliphatic heterocycles. The number of rotatable bonds is 8. The van der Waals surface area contributed by atoms with E-state index in [4.69, 9.17) is 9.47 Å². The number of alkyl halides is 3. The van der Waals surface area contributed by atoms with Gasteiger partial charge in [-0.05, 0) is 32.4 Å². The number of likely N-dealkylation sites (tertiary alicyclic amines) is 1. The van der Waals surface area contributed by atoms with Crippen molar-refractivity contribution in [2.75, 3.05) is 45.2 Å². The summed E-state index contributed by atoms with van der Waals surface area (Å²) in [5.41, 5.74) is 1.22. The maximum absolute atomic E-state index is 12.5. The van der Waals surface area contributed by atoms with Gasteiger partial charge in [0.2, 0.25) is 5.95 Å². The maximum atomic E-state index is 12.5. The van der Waals surface area contributed by atoms with Gasteiger partial charge in [-0.3, -0.25) is 0 Å². The SMILES string of the molecule is COc1cc2c(cc1OCCCN1CCCC1)nc(NCC(F)(F)F)n2C. The van der Waals surface area contributed by atoms with Crippen LogP contribution in [-0.4, -0.2) is 60.5 Å². The average molecular weight is 386 g/mol. The highest BCUT2D eigenvalue weighted by molar-refractivity contribution is 5.82. The lowest BCUT2D eigenvalue weighted by molar-refractivity contribution is -0.115. The molecule has 1 aromatic heterocycles. The average Bonchev–Trinajstić information content (AvgIpc) is 3.24. The molecule has 0 amide bonds. The molecule has 2 aromatic rings. The molecular formula is C18H25F3N4O2. The van der Waals surface area contributed by atoms with Gasteiger partial charge in [-0.25, -0.2) is 4.98 Å². The molecule has 6 nitrogen and oxygen atoms in total. The van der Waals surface area contributed by atoms with E-state index in [1.54, 1.807) is 23.7 Å². The molecule has 1 saturated heterocycles. The number of halogens is 3. The zero-order chi connectivity index (χ0) is 19.4. The number of methoxy groups -OCH3 is 1. The van der Waals surface area contributed by atoms with Crippen LogP contribution in [0.5, 0.6) is 11.5 Å². The monoisotopic (exact) mass is 386 g/mol. The Balaban J connectivity index is 1.69. The molecule has 1 aromatic carbocycles. The molecular weight excluding hydrogens is 361 g/mol. The zero-order valence-corrected chi connectivity index (χ0v) is 15.6. The Morgan fingerprint density at radius 1 is 1.19 bits per heavy atom. The number of benzene rings is 1. The number of hydrogen-bond acceptors (Lipinski definition) is 5. The first-order valence-electron chi connectivity index (χ1n) is 9.07. The predicted molar refractivity (Wildman–Crippen MR) is 97.6 cm³/mol. The lowest BCUT2D eigenvalue weighted by atomic mass is 10.2. The number of hydrogen-bond donors (Lipinski definition) is 1. The summed E-state index contributed by atoms with van der Waals surface area (Å²) in [6, 6.07) is 3.44. The van der Waals surface area contributed by atoms with Crippen molar-refractivity contribution in [2.45, 2.75) is 25.4 Å². The summed E-state index contributed by atoms with van der Waals surface area (Å²) in [4.78, 5) is 6.67. The van der Waals surface area contributed by atoms with Gasteiger partial charge in [0.1, 0.15) is 6.54 Å². The van der Waals surface area contributed by atoms with Crippen molar-refractivity contribution in [3.63, 3.8) is 0 Å². The first-order chi connectivity index (χ1) is 12.9. The van der Waals surface area contributed by atoms with Gasteiger partial charge in [0.25, 0.3) is 0 Å². The number of imidazole rings is 1. The van der Waals surface area contributed by atoms with Gasteiger partial charge in [0, 0.05) is 25.7 Å². The lowest BCUT2D eigenvalue weighted by Gasteiger charge is -2.15. The van der Waals surface area contributed by atoms with E-state index in [0.717, 1.165) is 26.1 Å². The van der Waals surface area contributed by atoms with Crippen molar-refractivity contribution >= 4 is 17.0 Å². The first-order valence-corrected chi connectivity index (χ1v) is 9.07. The number of nitrogens with one attached hydrogen (secondary N) is 1. The summed E-state index contributed by atoms with van der Waals surface area (Å²) in [6.45, 7) is 2.71. The summed E-state index contributed by atoms with van der Waals surface area (Å²) in [7, 11) is 3.20. The number of fused-ring (bicyclic) bond motifs is 1. The molecule has 0 bridgehead atoms. The van der Waals surface area contributed by atoms with Gasteiger partial charge >= 0.3 is 6.18 Å². The Hall–Kier alpha value is -2.16. The highest BCUT2D eigenvalue weighted by Crippen LogP contribution is 2.33. The van der Waals surface area contributed by atoms with E-state index in [2.05, 4.69) is 15.2 Å². The van der Waals surface area contributed by atoms with Crippen LogP contribution in [0.1, 0.15) is 19.3 Å². The third-order valence-electron chi connectivity index (χ3n) is 4.69. The van der Waals surface area contributed by atoms with Crippen LogP contribution in [0.25, 0.3) is 11.0 Å². The van der Waals surface area contributed by atoms with Crippen LogP contribution in [0.4, 0.5) is 19.1 Å². The molecule has 1 N–H and O–H groups in total. The van der Waals surface area contributed by atoms with Crippen molar-refractivity contribution in [2.24, 2.45) is 7.05 Å². The van der Waals surface area contributed by atoms with Crippen LogP contribution in [0.15, 0.2) is 12.1 Å². The van der Waals surface area contributed by atoms with Crippen molar-refractivity contribution in [3.05, 3.63) is 12.1 Å². The summed E-state index contributed by atoms with van der Waals surface area (Å²) in [6.07, 6.45) is -0.882. The molecule has 0 spiro atoms. The van der Waals surface area contributed by atoms with E-state index in [1.807, 2.05) is 0 Å². The predicted octanol–water partition coefficient (Wildman–Crippen LogP) is 3.42. The molecule has 0 aliphatic carbocycles. The van der Waals surface area contributed by atoms with Crippen LogP contribution in [0, 0.1) is 0 Å². The smallest absolute Gasteiger partial charge is 0.405 e. The van der Waals surface area contributed by atoms with Gasteiger partial charge in [-0.15, -0.1) is 0 Å². The zero-order valence-electron chi connectivity index (χ0n) is 15.6. The number of nitrogens with zero attached hydrogens (tertiary/aromatic N) is 3. The van der Waals surface area contributed by atoms with E-state index in [0.29, 0.717) is 29.1 Å². The number of ether oxygens (including phenoxy) is 2. The van der Waals surface area contributed by atoms with E-state index >= 15 is 0 Å². The molecule has 0 unspecified atom stereocenters. The largest absolute Gasteiger partial charge is 0.493 e. The van der Waals surface area contributed by atoms with Gasteiger partial charge in [-0.2, -0.15) is 13.2 Å². The topological polar surface area (TPSA) is 51.6 Å². The minimum atomic E-state index is -4.31. The maximum Gasteiger partial charge on any atom is 0.405 e. The van der Waals surface area contributed by atoms with Crippen LogP contribution in [0.2, 0.25) is 0 Å². The van der Waals surface area contributed by atoms with Crippen LogP contribution < -0.4 is 14.8 Å². The molecule has 0 radical (unpaired) electrons. The van der Waals surface area contributed by atoms with E-state index in [1.165, 1.54) is 20.0 Å². The van der Waals surface area contributed by atoms with Gasteiger partial charge < -0.3 is 24.3 Å². The Morgan fingerprint density at radius 3 is 2.59 bits per heavy atom. The Kier molecular flexibility index (Phi) is 5.98. The first kappa shape index (κ1) is 19.6. The fourth-order valence-corrected chi connectivity index (χ4v) is 3.29. The van der Waals surface area contributed by atoms with Crippen molar-refractivity contribution in [1.82, 2.24) is 14.5 Å². The van der Waals surface area contributed by atoms with Crippen molar-refractivity contribution in [1.29, 1.82) is 0 Å². The third kappa shape index (κ3) is 4.97. The highest BCUT2D eigenvalue weighted by Gasteiger charge is 2.27. The van der Waals surface area contributed by atoms with E-state index in [9.17, 15) is 13.2 Å². The Labute approximate surface area is 156 Å². The van der Waals surface area contributed by atoms with Crippen LogP contribution in [0.3, 0.4) is 0 Å². The number of anilines is 1. The molecule has 1 aliphatic rings. The second-order valence-electron chi connectivity index (χ2n) is 6.71. The molecule has 0 saturated carbocycles. The number of aromatic nitrogens is 2. The quantitative estimate of drug-likeness (QED) is 0.705. The molecule has 3 rings (SSSR count). The molecule has 0 atom stereocenters. The van der Waals surface area contributed by atoms with Gasteiger partial charge in [0.05, 0.1) is 24.8 Å². The molecule has 9 heteroatoms. The van der Waals surface area contributed by atoms with Crippen molar-refractivity contribution in [3.8, 4) is 11.5 Å². The summed E-state index contributed by atoms with van der Waals surface area (Å²) in [5.74, 6) is 1.23. The summed E-state index contributed by atoms with van der Waals surface area (Å²) >= 11 is 0. The standard InChI is InChI=1S/C18H25F3N4O2/c1-24-14-11-15(26-2)16(27-9-5-8-25-6-3-4-7-25)10-13(14)23-17(24)22-12-18(19,20)21/h10-11H,3-9,12H2,1-2H3,(H,22,23). The summed E-state index contributed by atoms with van der Waals surface area (Å²) in [5, 5.41) is 2.32. The molecule has 27 heavy (non-hydrogen) atoms. The molecule has 1 fully saturated rings. The normalized spacial score (nSPS) is 15.4. The fraction of sp³-hybridized carbons (Fsp3) is 0.611. The Morgan fingerprint density at radius 2 is 1.93 bits per heavy atom. The van der Waals surface area contributed by atoms with Gasteiger partial charge in [0.15, 0.2) is 11.5 Å². The van der Waals surface area contributed by atoms with Gasteiger partial charge in [-0.1, -0.05) is 0 Å². The second kappa shape index (κ2) is 8.24. The third-order valence-corrected chi connectivity index (χ3v) is 4.69. The minimum absolute atomic E-state index is 0.149. The fourth-order valence-electron chi connectivity index (χ4n) is 3.29. The number of aryl methyl sites for hydroxylation is 1. The molecule has 2 heterocycles. The minimum Gasteiger partial charge on any atom is -0.493 e. The lowest BCUT2D eigenvalue weighted by Crippen LogP contribution is -2.22. The highest BCUT2D eigenvalue weighted by atomic mass is 19.4. The van der Waals surface area contributed by atoms with Crippen molar-refractivity contribution < 1.29 is 22.6 Å².